The van der Waals surface area contributed by atoms with Crippen LogP contribution in [0.2, 0.25) is 0 Å². The van der Waals surface area contributed by atoms with Gasteiger partial charge in [0.25, 0.3) is 10.0 Å². The van der Waals surface area contributed by atoms with Gasteiger partial charge in [-0.2, -0.15) is 4.31 Å². The fraction of sp³-hybridized carbons (Fsp3) is 0.188. The highest BCUT2D eigenvalue weighted by Crippen LogP contribution is 2.42. The number of ketones is 1. The number of nitrogens with one attached hydrogen (secondary N) is 1. The second-order valence-electron chi connectivity index (χ2n) is 10.3. The first-order valence-corrected chi connectivity index (χ1v) is 16.0. The first kappa shape index (κ1) is 28.5. The molecule has 0 amide bonds. The van der Waals surface area contributed by atoms with E-state index in [0.29, 0.717) is 23.2 Å². The van der Waals surface area contributed by atoms with E-state index < -0.39 is 25.5 Å². The highest BCUT2D eigenvalue weighted by atomic mass is 32.2. The minimum Gasteiger partial charge on any atom is -0.290 e. The molecule has 0 atom stereocenters. The van der Waals surface area contributed by atoms with Crippen molar-refractivity contribution in [1.82, 2.24) is 4.31 Å². The van der Waals surface area contributed by atoms with Gasteiger partial charge in [-0.25, -0.2) is 16.8 Å². The molecule has 3 aromatic carbocycles. The molecule has 41 heavy (non-hydrogen) atoms. The van der Waals surface area contributed by atoms with Crippen molar-refractivity contribution in [3.05, 3.63) is 125 Å². The number of rotatable bonds is 6. The molecule has 9 heteroatoms. The monoisotopic (exact) mass is 586 g/mol. The summed E-state index contributed by atoms with van der Waals surface area (Å²) >= 11 is 0. The van der Waals surface area contributed by atoms with Crippen LogP contribution in [0.1, 0.15) is 23.1 Å². The maximum absolute atomic E-state index is 13.5. The van der Waals surface area contributed by atoms with Crippen LogP contribution < -0.4 is 4.72 Å². The summed E-state index contributed by atoms with van der Waals surface area (Å²) in [5.74, 6) is -0.135. The normalized spacial score (nSPS) is 16.9. The third kappa shape index (κ3) is 6.04. The zero-order valence-electron chi connectivity index (χ0n) is 22.7. The number of anilines is 1. The van der Waals surface area contributed by atoms with E-state index in [1.54, 1.807) is 91.0 Å². The van der Waals surface area contributed by atoms with Gasteiger partial charge in [-0.3, -0.25) is 9.52 Å². The van der Waals surface area contributed by atoms with Crippen LogP contribution in [0.5, 0.6) is 0 Å². The Labute approximate surface area is 241 Å². The van der Waals surface area contributed by atoms with E-state index in [-0.39, 0.29) is 28.7 Å². The van der Waals surface area contributed by atoms with Crippen LogP contribution in [0.25, 0.3) is 6.08 Å². The molecule has 7 nitrogen and oxygen atoms in total. The summed E-state index contributed by atoms with van der Waals surface area (Å²) in [6, 6.07) is 20.2. The third-order valence-electron chi connectivity index (χ3n) is 7.36. The van der Waals surface area contributed by atoms with Gasteiger partial charge in [0.1, 0.15) is 0 Å². The van der Waals surface area contributed by atoms with Crippen LogP contribution in [0.3, 0.4) is 0 Å². The lowest BCUT2D eigenvalue weighted by atomic mass is 9.72. The predicted molar refractivity (Wildman–Crippen MR) is 160 cm³/mol. The highest BCUT2D eigenvalue weighted by Gasteiger charge is 2.40. The maximum Gasteiger partial charge on any atom is 0.261 e. The van der Waals surface area contributed by atoms with Crippen molar-refractivity contribution in [2.75, 3.05) is 17.8 Å². The van der Waals surface area contributed by atoms with E-state index >= 15 is 0 Å². The summed E-state index contributed by atoms with van der Waals surface area (Å²) < 4.78 is 57.3. The van der Waals surface area contributed by atoms with Crippen LogP contribution in [-0.2, 0) is 24.8 Å². The summed E-state index contributed by atoms with van der Waals surface area (Å²) in [4.78, 5) is 12.3. The number of nitrogens with zero attached hydrogens (tertiary/aromatic N) is 1. The van der Waals surface area contributed by atoms with Gasteiger partial charge < -0.3 is 0 Å². The molecule has 210 valence electrons. The van der Waals surface area contributed by atoms with Crippen LogP contribution in [0, 0.1) is 19.3 Å². The second-order valence-corrected chi connectivity index (χ2v) is 13.9. The fourth-order valence-electron chi connectivity index (χ4n) is 4.85. The third-order valence-corrected chi connectivity index (χ3v) is 10.6. The number of carbonyl (C=O) groups is 1. The van der Waals surface area contributed by atoms with Gasteiger partial charge in [0.2, 0.25) is 10.0 Å². The zero-order valence-corrected chi connectivity index (χ0v) is 24.4. The average Bonchev–Trinajstić information content (AvgIpc) is 2.95. The Hall–Kier alpha value is -4.01. The largest absolute Gasteiger partial charge is 0.290 e. The molecule has 0 saturated carbocycles. The standard InChI is InChI=1S/C32H30N2O5S2/c1-24-7-13-29(14-8-24)40(36,37)33-31-6-4-3-5-26(31)11-12-27-23-34(22-21-32(27)19-17-28(35)18-20-32)41(38,39)30-15-9-25(2)10-16-30/h3-11,13-20,33H,21-23H2,1-2H3. The molecule has 1 aliphatic carbocycles. The molecule has 3 aromatic rings. The number of carbonyl (C=O) groups excluding carboxylic acids is 1. The van der Waals surface area contributed by atoms with Crippen molar-refractivity contribution in [3.8, 4) is 0 Å². The van der Waals surface area contributed by atoms with Gasteiger partial charge in [-0.15, -0.1) is 5.73 Å². The highest BCUT2D eigenvalue weighted by molar-refractivity contribution is 7.92. The number of aryl methyl sites for hydroxylation is 2. The van der Waals surface area contributed by atoms with Gasteiger partial charge in [0.05, 0.1) is 15.5 Å². The Bertz CT molecular complexity index is 1810. The van der Waals surface area contributed by atoms with E-state index in [2.05, 4.69) is 10.5 Å². The molecular formula is C32H30N2O5S2. The Morgan fingerprint density at radius 1 is 0.829 bits per heavy atom. The van der Waals surface area contributed by atoms with Crippen molar-refractivity contribution < 1.29 is 21.6 Å². The molecule has 2 aliphatic rings. The maximum atomic E-state index is 13.5. The van der Waals surface area contributed by atoms with Gasteiger partial charge in [0.15, 0.2) is 5.78 Å². The SMILES string of the molecule is Cc1ccc(S(=O)(=O)Nc2ccccc2C=C=C2CN(S(=O)(=O)c3ccc(C)cc3)CCC23C=CC(=O)C=C3)cc1. The molecule has 0 bridgehead atoms. The van der Waals surface area contributed by atoms with Crippen LogP contribution in [0.15, 0.2) is 118 Å². The van der Waals surface area contributed by atoms with Crippen LogP contribution in [0.4, 0.5) is 5.69 Å². The smallest absolute Gasteiger partial charge is 0.261 e. The topological polar surface area (TPSA) is 101 Å². The molecule has 1 fully saturated rings. The van der Waals surface area contributed by atoms with E-state index in [4.69, 9.17) is 0 Å². The lowest BCUT2D eigenvalue weighted by Crippen LogP contribution is -2.44. The van der Waals surface area contributed by atoms with E-state index in [0.717, 1.165) is 11.1 Å². The van der Waals surface area contributed by atoms with E-state index in [1.165, 1.54) is 16.5 Å². The lowest BCUT2D eigenvalue weighted by Gasteiger charge is -2.39. The van der Waals surface area contributed by atoms with Crippen molar-refractivity contribution in [2.24, 2.45) is 5.41 Å². The molecule has 1 N–H and O–H groups in total. The molecule has 1 saturated heterocycles. The molecular weight excluding hydrogens is 556 g/mol. The summed E-state index contributed by atoms with van der Waals surface area (Å²) in [6.07, 6.45) is 8.67. The number of allylic oxidation sites excluding steroid dienone is 4. The Kier molecular flexibility index (Phi) is 7.72. The number of benzene rings is 3. The molecule has 1 heterocycles. The van der Waals surface area contributed by atoms with E-state index in [9.17, 15) is 21.6 Å². The molecule has 1 aliphatic heterocycles. The first-order valence-electron chi connectivity index (χ1n) is 13.1. The quantitative estimate of drug-likeness (QED) is 0.389. The molecule has 1 spiro atoms. The van der Waals surface area contributed by atoms with Gasteiger partial charge >= 0.3 is 0 Å². The van der Waals surface area contributed by atoms with Crippen LogP contribution in [-0.4, -0.2) is 40.0 Å². The summed E-state index contributed by atoms with van der Waals surface area (Å²) in [7, 11) is -7.62. The van der Waals surface area contributed by atoms with Crippen molar-refractivity contribution >= 4 is 37.6 Å². The second kappa shape index (κ2) is 11.1. The Morgan fingerprint density at radius 3 is 2.05 bits per heavy atom. The number of para-hydroxylation sites is 1. The molecule has 0 aromatic heterocycles. The van der Waals surface area contributed by atoms with Gasteiger partial charge in [-0.1, -0.05) is 65.7 Å². The minimum atomic E-state index is -3.84. The summed E-state index contributed by atoms with van der Waals surface area (Å²) in [6.45, 7) is 4.10. The average molecular weight is 587 g/mol. The number of piperidine rings is 1. The fourth-order valence-corrected chi connectivity index (χ4v) is 7.35. The number of hydrogen-bond donors (Lipinski definition) is 1. The van der Waals surface area contributed by atoms with Crippen LogP contribution >= 0.6 is 0 Å². The number of hydrogen-bond acceptors (Lipinski definition) is 5. The molecule has 5 rings (SSSR count). The van der Waals surface area contributed by atoms with E-state index in [1.807, 2.05) is 13.8 Å². The summed E-state index contributed by atoms with van der Waals surface area (Å²) in [5.41, 5.74) is 6.09. The van der Waals surface area contributed by atoms with Crippen molar-refractivity contribution in [3.63, 3.8) is 0 Å². The number of sulfonamides is 2. The van der Waals surface area contributed by atoms with Gasteiger partial charge in [-0.05, 0) is 68.8 Å². The Morgan fingerprint density at radius 2 is 1.41 bits per heavy atom. The Balaban J connectivity index is 1.53. The minimum absolute atomic E-state index is 0.0623. The zero-order chi connectivity index (χ0) is 29.3. The van der Waals surface area contributed by atoms with Crippen molar-refractivity contribution in [2.45, 2.75) is 30.1 Å². The molecule has 0 radical (unpaired) electrons. The van der Waals surface area contributed by atoms with Gasteiger partial charge in [0, 0.05) is 29.6 Å². The first-order chi connectivity index (χ1) is 19.5. The lowest BCUT2D eigenvalue weighted by molar-refractivity contribution is -0.110. The predicted octanol–water partition coefficient (Wildman–Crippen LogP) is 5.42. The summed E-state index contributed by atoms with van der Waals surface area (Å²) in [5, 5.41) is 0. The van der Waals surface area contributed by atoms with Crippen molar-refractivity contribution in [1.29, 1.82) is 0 Å². The molecule has 0 unspecified atom stereocenters.